The van der Waals surface area contributed by atoms with Crippen LogP contribution in [-0.2, 0) is 11.2 Å². The lowest BCUT2D eigenvalue weighted by atomic mass is 10.3. The summed E-state index contributed by atoms with van der Waals surface area (Å²) in [5.74, 6) is 0.0292. The molecule has 2 rings (SSSR count). The normalized spacial score (nSPS) is 15.2. The van der Waals surface area contributed by atoms with Crippen LogP contribution in [0.25, 0.3) is 0 Å². The average molecular weight is 184 g/mol. The van der Waals surface area contributed by atoms with Crippen LogP contribution in [0.1, 0.15) is 5.69 Å². The van der Waals surface area contributed by atoms with Gasteiger partial charge in [-0.1, -0.05) is 0 Å². The molecule has 5 heteroatoms. The summed E-state index contributed by atoms with van der Waals surface area (Å²) in [6.07, 6.45) is 1.89. The Morgan fingerprint density at radius 3 is 3.17 bits per heavy atom. The second-order valence-electron chi connectivity index (χ2n) is 2.60. The number of carbonyl (C=O) groups excluding carboxylic acids is 1. The summed E-state index contributed by atoms with van der Waals surface area (Å²) < 4.78 is 0. The van der Waals surface area contributed by atoms with Crippen molar-refractivity contribution in [3.8, 4) is 0 Å². The number of aromatic nitrogens is 2. The summed E-state index contributed by atoms with van der Waals surface area (Å²) in [7, 11) is 1.70. The third-order valence-corrected chi connectivity index (χ3v) is 2.05. The molecule has 0 fully saturated rings. The highest BCUT2D eigenvalue weighted by Gasteiger charge is 2.25. The predicted molar refractivity (Wildman–Crippen MR) is 44.2 cm³/mol. The van der Waals surface area contributed by atoms with E-state index in [2.05, 4.69) is 9.97 Å². The standard InChI is InChI=1S/C7H6ClN3O/c1-11-5-3-9-7(8)10-4(5)2-6(11)12/h3H,2H2,1H3. The van der Waals surface area contributed by atoms with E-state index in [0.29, 0.717) is 12.1 Å². The number of hydrogen-bond donors (Lipinski definition) is 0. The van der Waals surface area contributed by atoms with Gasteiger partial charge in [-0.25, -0.2) is 9.97 Å². The largest absolute Gasteiger partial charge is 0.312 e. The zero-order valence-electron chi connectivity index (χ0n) is 6.41. The van der Waals surface area contributed by atoms with Gasteiger partial charge in [0.05, 0.1) is 24.0 Å². The Morgan fingerprint density at radius 1 is 1.67 bits per heavy atom. The summed E-state index contributed by atoms with van der Waals surface area (Å²) in [6.45, 7) is 0. The monoisotopic (exact) mass is 183 g/mol. The van der Waals surface area contributed by atoms with Crippen molar-refractivity contribution >= 4 is 23.2 Å². The van der Waals surface area contributed by atoms with Crippen molar-refractivity contribution in [3.05, 3.63) is 17.2 Å². The van der Waals surface area contributed by atoms with Crippen LogP contribution in [0.3, 0.4) is 0 Å². The summed E-state index contributed by atoms with van der Waals surface area (Å²) in [5.41, 5.74) is 1.46. The molecule has 0 radical (unpaired) electrons. The Balaban J connectivity index is 2.54. The van der Waals surface area contributed by atoms with Crippen molar-refractivity contribution < 1.29 is 4.79 Å². The van der Waals surface area contributed by atoms with E-state index in [9.17, 15) is 4.79 Å². The van der Waals surface area contributed by atoms with Gasteiger partial charge in [-0.05, 0) is 11.6 Å². The molecule has 2 heterocycles. The smallest absolute Gasteiger partial charge is 0.232 e. The van der Waals surface area contributed by atoms with E-state index in [-0.39, 0.29) is 11.2 Å². The van der Waals surface area contributed by atoms with Crippen molar-refractivity contribution in [2.45, 2.75) is 6.42 Å². The van der Waals surface area contributed by atoms with Gasteiger partial charge in [0.1, 0.15) is 0 Å². The quantitative estimate of drug-likeness (QED) is 0.555. The molecule has 1 amide bonds. The van der Waals surface area contributed by atoms with Gasteiger partial charge in [0.15, 0.2) is 0 Å². The molecule has 0 atom stereocenters. The van der Waals surface area contributed by atoms with Gasteiger partial charge >= 0.3 is 0 Å². The van der Waals surface area contributed by atoms with E-state index in [0.717, 1.165) is 5.69 Å². The van der Waals surface area contributed by atoms with Crippen LogP contribution in [-0.4, -0.2) is 22.9 Å². The molecule has 0 aromatic carbocycles. The number of carbonyl (C=O) groups is 1. The number of hydrogen-bond acceptors (Lipinski definition) is 3. The Bertz CT molecular complexity index is 353. The van der Waals surface area contributed by atoms with Crippen LogP contribution < -0.4 is 4.90 Å². The zero-order valence-corrected chi connectivity index (χ0v) is 7.17. The number of anilines is 1. The molecule has 1 aliphatic rings. The molecule has 1 aromatic rings. The number of fused-ring (bicyclic) bond motifs is 1. The van der Waals surface area contributed by atoms with Crippen LogP contribution in [0.4, 0.5) is 5.69 Å². The SMILES string of the molecule is CN1C(=O)Cc2nc(Cl)ncc21. The van der Waals surface area contributed by atoms with Crippen LogP contribution in [0.15, 0.2) is 6.20 Å². The van der Waals surface area contributed by atoms with Crippen LogP contribution in [0.2, 0.25) is 5.28 Å². The molecule has 0 unspecified atom stereocenters. The van der Waals surface area contributed by atoms with Gasteiger partial charge in [0.25, 0.3) is 0 Å². The van der Waals surface area contributed by atoms with Crippen LogP contribution in [0.5, 0.6) is 0 Å². The number of amides is 1. The van der Waals surface area contributed by atoms with Gasteiger partial charge in [0, 0.05) is 7.05 Å². The van der Waals surface area contributed by atoms with Crippen molar-refractivity contribution in [2.24, 2.45) is 0 Å². The van der Waals surface area contributed by atoms with E-state index >= 15 is 0 Å². The maximum atomic E-state index is 11.2. The number of likely N-dealkylation sites (N-methyl/N-ethyl adjacent to an activating group) is 1. The molecular formula is C7H6ClN3O. The van der Waals surface area contributed by atoms with E-state index in [1.54, 1.807) is 13.2 Å². The average Bonchev–Trinajstić information content (AvgIpc) is 2.28. The van der Waals surface area contributed by atoms with E-state index in [1.807, 2.05) is 0 Å². The first-order valence-corrected chi connectivity index (χ1v) is 3.84. The number of nitrogens with zero attached hydrogens (tertiary/aromatic N) is 3. The maximum Gasteiger partial charge on any atom is 0.232 e. The van der Waals surface area contributed by atoms with Gasteiger partial charge in [-0.3, -0.25) is 4.79 Å². The Labute approximate surface area is 74.2 Å². The van der Waals surface area contributed by atoms with E-state index in [4.69, 9.17) is 11.6 Å². The molecule has 0 aliphatic carbocycles. The molecule has 1 aliphatic heterocycles. The molecule has 4 nitrogen and oxygen atoms in total. The topological polar surface area (TPSA) is 46.1 Å². The molecule has 62 valence electrons. The first-order chi connectivity index (χ1) is 5.68. The fourth-order valence-corrected chi connectivity index (χ4v) is 1.34. The predicted octanol–water partition coefficient (Wildman–Crippen LogP) is 0.649. The van der Waals surface area contributed by atoms with Gasteiger partial charge in [-0.2, -0.15) is 0 Å². The van der Waals surface area contributed by atoms with Crippen molar-refractivity contribution in [3.63, 3.8) is 0 Å². The molecule has 0 spiro atoms. The maximum absolute atomic E-state index is 11.2. The lowest BCUT2D eigenvalue weighted by Gasteiger charge is -2.07. The summed E-state index contributed by atoms with van der Waals surface area (Å²) in [4.78, 5) is 20.4. The molecule has 1 aromatic heterocycles. The molecule has 12 heavy (non-hydrogen) atoms. The summed E-state index contributed by atoms with van der Waals surface area (Å²) >= 11 is 5.57. The first-order valence-electron chi connectivity index (χ1n) is 3.46. The summed E-state index contributed by atoms with van der Waals surface area (Å²) in [5, 5.41) is 0.192. The fraction of sp³-hybridized carbons (Fsp3) is 0.286. The van der Waals surface area contributed by atoms with Crippen LogP contribution >= 0.6 is 11.6 Å². The second kappa shape index (κ2) is 2.42. The van der Waals surface area contributed by atoms with Crippen LogP contribution in [0, 0.1) is 0 Å². The van der Waals surface area contributed by atoms with Crippen molar-refractivity contribution in [2.75, 3.05) is 11.9 Å². The van der Waals surface area contributed by atoms with Crippen molar-refractivity contribution in [1.29, 1.82) is 0 Å². The minimum Gasteiger partial charge on any atom is -0.312 e. The molecular weight excluding hydrogens is 178 g/mol. The molecule has 0 N–H and O–H groups in total. The minimum atomic E-state index is 0.0292. The second-order valence-corrected chi connectivity index (χ2v) is 2.94. The Kier molecular flexibility index (Phi) is 1.51. The fourth-order valence-electron chi connectivity index (χ4n) is 1.19. The number of rotatable bonds is 0. The Morgan fingerprint density at radius 2 is 2.42 bits per heavy atom. The highest BCUT2D eigenvalue weighted by molar-refractivity contribution is 6.28. The minimum absolute atomic E-state index is 0.0292. The third kappa shape index (κ3) is 0.956. The molecule has 0 saturated carbocycles. The third-order valence-electron chi connectivity index (χ3n) is 1.87. The van der Waals surface area contributed by atoms with E-state index < -0.39 is 0 Å². The van der Waals surface area contributed by atoms with E-state index in [1.165, 1.54) is 4.90 Å². The Hall–Kier alpha value is -1.16. The lowest BCUT2D eigenvalue weighted by molar-refractivity contribution is -0.117. The van der Waals surface area contributed by atoms with Gasteiger partial charge < -0.3 is 4.90 Å². The van der Waals surface area contributed by atoms with Gasteiger partial charge in [0.2, 0.25) is 11.2 Å². The highest BCUT2D eigenvalue weighted by Crippen LogP contribution is 2.25. The number of halogens is 1. The molecule has 0 saturated heterocycles. The van der Waals surface area contributed by atoms with Gasteiger partial charge in [-0.15, -0.1) is 0 Å². The van der Waals surface area contributed by atoms with Crippen molar-refractivity contribution in [1.82, 2.24) is 9.97 Å². The first kappa shape index (κ1) is 7.49. The highest BCUT2D eigenvalue weighted by atomic mass is 35.5. The lowest BCUT2D eigenvalue weighted by Crippen LogP contribution is -2.20. The summed E-state index contributed by atoms with van der Waals surface area (Å²) in [6, 6.07) is 0. The molecule has 0 bridgehead atoms. The zero-order chi connectivity index (χ0) is 8.72.